The average molecular weight is 416 g/mol. The van der Waals surface area contributed by atoms with E-state index in [1.807, 2.05) is 30.5 Å². The lowest BCUT2D eigenvalue weighted by Gasteiger charge is -2.22. The molecule has 5 heteroatoms. The Kier molecular flexibility index (Phi) is 7.81. The maximum Gasteiger partial charge on any atom is 0.203 e. The van der Waals surface area contributed by atoms with Gasteiger partial charge < -0.3 is 9.88 Å². The van der Waals surface area contributed by atoms with Gasteiger partial charge in [-0.15, -0.1) is 0 Å². The highest BCUT2D eigenvalue weighted by atomic mass is 35.5. The summed E-state index contributed by atoms with van der Waals surface area (Å²) in [6.45, 7) is 4.06. The molecule has 3 rings (SSSR count). The third-order valence-electron chi connectivity index (χ3n) is 4.84. The molecule has 0 amide bonds. The fourth-order valence-corrected chi connectivity index (χ4v) is 3.55. The van der Waals surface area contributed by atoms with E-state index in [0.717, 1.165) is 36.7 Å². The summed E-state index contributed by atoms with van der Waals surface area (Å²) in [5.74, 6) is 0.889. The van der Waals surface area contributed by atoms with Gasteiger partial charge in [0.05, 0.1) is 21.9 Å². The van der Waals surface area contributed by atoms with E-state index in [0.29, 0.717) is 10.0 Å². The smallest absolute Gasteiger partial charge is 0.203 e. The second-order valence-electron chi connectivity index (χ2n) is 7.07. The van der Waals surface area contributed by atoms with Crippen LogP contribution in [0.1, 0.15) is 44.6 Å². The quantitative estimate of drug-likeness (QED) is 0.350. The van der Waals surface area contributed by atoms with Gasteiger partial charge in [-0.1, -0.05) is 92.2 Å². The van der Waals surface area contributed by atoms with Crippen LogP contribution in [0, 0.1) is 0 Å². The van der Waals surface area contributed by atoms with E-state index in [1.54, 1.807) is 0 Å². The van der Waals surface area contributed by atoms with Gasteiger partial charge in [0.1, 0.15) is 0 Å². The Morgan fingerprint density at radius 1 is 0.929 bits per heavy atom. The van der Waals surface area contributed by atoms with E-state index >= 15 is 0 Å². The Morgan fingerprint density at radius 3 is 2.46 bits per heavy atom. The van der Waals surface area contributed by atoms with Crippen LogP contribution in [0.5, 0.6) is 0 Å². The second-order valence-corrected chi connectivity index (χ2v) is 7.89. The lowest BCUT2D eigenvalue weighted by atomic mass is 10.1. The standard InChI is InChI=1S/C23H27Cl2N3/c1-2-3-4-5-9-14-28(17-18-10-7-6-8-11-18)23-26-16-22(27-23)19-12-13-20(24)21(25)15-19/h6-8,10-13,15-16H,2-5,9,14,17H2,1H3,(H,26,27). The molecule has 0 fully saturated rings. The number of aromatic nitrogens is 2. The van der Waals surface area contributed by atoms with Crippen molar-refractivity contribution < 1.29 is 0 Å². The van der Waals surface area contributed by atoms with Crippen molar-refractivity contribution in [1.29, 1.82) is 0 Å². The van der Waals surface area contributed by atoms with E-state index in [2.05, 4.69) is 46.1 Å². The number of imidazole rings is 1. The van der Waals surface area contributed by atoms with Crippen LogP contribution < -0.4 is 4.90 Å². The molecule has 0 aliphatic rings. The normalized spacial score (nSPS) is 11.0. The van der Waals surface area contributed by atoms with Crippen molar-refractivity contribution in [3.63, 3.8) is 0 Å². The molecule has 0 aliphatic heterocycles. The highest BCUT2D eigenvalue weighted by molar-refractivity contribution is 6.42. The maximum atomic E-state index is 6.17. The molecule has 0 aliphatic carbocycles. The van der Waals surface area contributed by atoms with Crippen molar-refractivity contribution >= 4 is 29.2 Å². The number of nitrogens with one attached hydrogen (secondary N) is 1. The van der Waals surface area contributed by atoms with Crippen LogP contribution >= 0.6 is 23.2 Å². The minimum absolute atomic E-state index is 0.549. The van der Waals surface area contributed by atoms with E-state index in [4.69, 9.17) is 23.2 Å². The molecule has 1 aromatic heterocycles. The monoisotopic (exact) mass is 415 g/mol. The SMILES string of the molecule is CCCCCCCN(Cc1ccccc1)c1ncc(-c2ccc(Cl)c(Cl)c2)[nH]1. The van der Waals surface area contributed by atoms with E-state index < -0.39 is 0 Å². The number of nitrogens with zero attached hydrogens (tertiary/aromatic N) is 2. The van der Waals surface area contributed by atoms with Gasteiger partial charge in [0.15, 0.2) is 0 Å². The van der Waals surface area contributed by atoms with Gasteiger partial charge in [-0.2, -0.15) is 0 Å². The van der Waals surface area contributed by atoms with Crippen LogP contribution in [0.15, 0.2) is 54.7 Å². The Bertz CT molecular complexity index is 861. The number of unbranched alkanes of at least 4 members (excludes halogenated alkanes) is 4. The molecule has 148 valence electrons. The zero-order chi connectivity index (χ0) is 19.8. The number of benzene rings is 2. The summed E-state index contributed by atoms with van der Waals surface area (Å²) in [7, 11) is 0. The third kappa shape index (κ3) is 5.76. The van der Waals surface area contributed by atoms with Gasteiger partial charge in [0, 0.05) is 18.7 Å². The summed E-state index contributed by atoms with van der Waals surface area (Å²) >= 11 is 12.2. The van der Waals surface area contributed by atoms with Gasteiger partial charge in [-0.05, 0) is 24.1 Å². The first-order valence-corrected chi connectivity index (χ1v) is 10.7. The Labute approximate surface area is 177 Å². The maximum absolute atomic E-state index is 6.17. The van der Waals surface area contributed by atoms with E-state index in [-0.39, 0.29) is 0 Å². The fraction of sp³-hybridized carbons (Fsp3) is 0.348. The predicted octanol–water partition coefficient (Wildman–Crippen LogP) is 7.36. The fourth-order valence-electron chi connectivity index (χ4n) is 3.25. The van der Waals surface area contributed by atoms with Crippen molar-refractivity contribution in [3.05, 3.63) is 70.3 Å². The largest absolute Gasteiger partial charge is 0.338 e. The Morgan fingerprint density at radius 2 is 1.71 bits per heavy atom. The molecule has 0 radical (unpaired) electrons. The molecule has 3 aromatic rings. The molecule has 0 atom stereocenters. The zero-order valence-electron chi connectivity index (χ0n) is 16.3. The molecule has 0 spiro atoms. The molecule has 1 heterocycles. The molecule has 28 heavy (non-hydrogen) atoms. The lowest BCUT2D eigenvalue weighted by molar-refractivity contribution is 0.613. The topological polar surface area (TPSA) is 31.9 Å². The summed E-state index contributed by atoms with van der Waals surface area (Å²) in [6, 6.07) is 16.2. The van der Waals surface area contributed by atoms with E-state index in [9.17, 15) is 0 Å². The molecule has 0 unspecified atom stereocenters. The number of rotatable bonds is 10. The number of anilines is 1. The summed E-state index contributed by atoms with van der Waals surface area (Å²) in [5.41, 5.74) is 3.21. The Hall–Kier alpha value is -1.97. The molecular weight excluding hydrogens is 389 g/mol. The molecule has 0 bridgehead atoms. The van der Waals surface area contributed by atoms with Crippen LogP contribution in [0.25, 0.3) is 11.3 Å². The number of halogens is 2. The van der Waals surface area contributed by atoms with Gasteiger partial charge >= 0.3 is 0 Å². The molecule has 1 N–H and O–H groups in total. The van der Waals surface area contributed by atoms with Crippen LogP contribution in [-0.4, -0.2) is 16.5 Å². The van der Waals surface area contributed by atoms with Crippen LogP contribution in [0.3, 0.4) is 0 Å². The lowest BCUT2D eigenvalue weighted by Crippen LogP contribution is -2.25. The van der Waals surface area contributed by atoms with Gasteiger partial charge in [0.25, 0.3) is 0 Å². The highest BCUT2D eigenvalue weighted by Gasteiger charge is 2.13. The molecule has 0 saturated carbocycles. The summed E-state index contributed by atoms with van der Waals surface area (Å²) < 4.78 is 0. The summed E-state index contributed by atoms with van der Waals surface area (Å²) in [5, 5.41) is 1.11. The van der Waals surface area contributed by atoms with Crippen molar-refractivity contribution in [2.75, 3.05) is 11.4 Å². The highest BCUT2D eigenvalue weighted by Crippen LogP contribution is 2.29. The molecule has 3 nitrogen and oxygen atoms in total. The number of H-pyrrole nitrogens is 1. The first kappa shape index (κ1) is 20.8. The van der Waals surface area contributed by atoms with Crippen molar-refractivity contribution in [3.8, 4) is 11.3 Å². The Balaban J connectivity index is 1.75. The van der Waals surface area contributed by atoms with Crippen LogP contribution in [0.2, 0.25) is 10.0 Å². The summed E-state index contributed by atoms with van der Waals surface area (Å²) in [4.78, 5) is 10.4. The summed E-state index contributed by atoms with van der Waals surface area (Å²) in [6.07, 6.45) is 8.14. The zero-order valence-corrected chi connectivity index (χ0v) is 17.8. The van der Waals surface area contributed by atoms with E-state index in [1.165, 1.54) is 31.2 Å². The third-order valence-corrected chi connectivity index (χ3v) is 5.58. The molecular formula is C23H27Cl2N3. The van der Waals surface area contributed by atoms with Crippen molar-refractivity contribution in [1.82, 2.24) is 9.97 Å². The van der Waals surface area contributed by atoms with Crippen molar-refractivity contribution in [2.45, 2.75) is 45.6 Å². The average Bonchev–Trinajstić information content (AvgIpc) is 3.20. The van der Waals surface area contributed by atoms with Gasteiger partial charge in [-0.25, -0.2) is 4.98 Å². The predicted molar refractivity (Wildman–Crippen MR) is 120 cm³/mol. The van der Waals surface area contributed by atoms with Crippen LogP contribution in [0.4, 0.5) is 5.95 Å². The molecule has 2 aromatic carbocycles. The second kappa shape index (κ2) is 10.5. The number of hydrogen-bond acceptors (Lipinski definition) is 2. The van der Waals surface area contributed by atoms with Gasteiger partial charge in [0.2, 0.25) is 5.95 Å². The number of aromatic amines is 1. The minimum Gasteiger partial charge on any atom is -0.338 e. The first-order valence-electron chi connectivity index (χ1n) is 9.96. The number of hydrogen-bond donors (Lipinski definition) is 1. The minimum atomic E-state index is 0.549. The van der Waals surface area contributed by atoms with Crippen LogP contribution in [-0.2, 0) is 6.54 Å². The van der Waals surface area contributed by atoms with Gasteiger partial charge in [-0.3, -0.25) is 0 Å². The van der Waals surface area contributed by atoms with Crippen molar-refractivity contribution in [2.24, 2.45) is 0 Å². The first-order chi connectivity index (χ1) is 13.7. The molecule has 0 saturated heterocycles.